The molecule has 84 valence electrons. The van der Waals surface area contributed by atoms with E-state index in [-0.39, 0.29) is 0 Å². The number of ether oxygens (including phenoxy) is 1. The van der Waals surface area contributed by atoms with E-state index in [0.717, 1.165) is 48.7 Å². The van der Waals surface area contributed by atoms with Crippen LogP contribution in [0.5, 0.6) is 5.88 Å². The van der Waals surface area contributed by atoms with E-state index in [2.05, 4.69) is 27.9 Å². The van der Waals surface area contributed by atoms with Gasteiger partial charge in [0.25, 0.3) is 0 Å². The smallest absolute Gasteiger partial charge is 0.239 e. The van der Waals surface area contributed by atoms with Crippen molar-refractivity contribution in [2.75, 3.05) is 24.6 Å². The topological polar surface area (TPSA) is 41.1 Å². The van der Waals surface area contributed by atoms with Crippen LogP contribution in [0.3, 0.4) is 0 Å². The van der Waals surface area contributed by atoms with Crippen molar-refractivity contribution in [1.29, 1.82) is 0 Å². The highest BCUT2D eigenvalue weighted by atomic mass is 16.5. The van der Waals surface area contributed by atoms with Gasteiger partial charge in [-0.3, -0.25) is 0 Å². The first-order valence-electron chi connectivity index (χ1n) is 5.74. The molecule has 4 heteroatoms. The molecule has 0 radical (unpaired) electrons. The first-order chi connectivity index (χ1) is 7.88. The molecule has 3 heterocycles. The fourth-order valence-corrected chi connectivity index (χ4v) is 2.16. The number of nitrogens with zero attached hydrogens (tertiary/aromatic N) is 2. The molecule has 2 aromatic heterocycles. The van der Waals surface area contributed by atoms with Gasteiger partial charge in [0.1, 0.15) is 17.9 Å². The van der Waals surface area contributed by atoms with Gasteiger partial charge in [0.05, 0.1) is 6.54 Å². The molecule has 0 aliphatic carbocycles. The Labute approximate surface area is 94.2 Å². The standard InChI is InChI=1S/C12H15N3O/c1-2-5-15-6-7-16-12-10(15)8-9-3-4-13-11(9)14-12/h3-4,8H,2,5-7H2,1H3,(H,13,14). The van der Waals surface area contributed by atoms with Crippen molar-refractivity contribution >= 4 is 16.7 Å². The third-order valence-corrected chi connectivity index (χ3v) is 2.92. The summed E-state index contributed by atoms with van der Waals surface area (Å²) >= 11 is 0. The van der Waals surface area contributed by atoms with Crippen LogP contribution in [0.15, 0.2) is 18.3 Å². The van der Waals surface area contributed by atoms with Gasteiger partial charge >= 0.3 is 0 Å². The van der Waals surface area contributed by atoms with E-state index in [0.29, 0.717) is 0 Å². The summed E-state index contributed by atoms with van der Waals surface area (Å²) in [6.45, 7) is 4.94. The van der Waals surface area contributed by atoms with Crippen LogP contribution in [0.25, 0.3) is 11.0 Å². The maximum Gasteiger partial charge on any atom is 0.239 e. The molecule has 0 saturated heterocycles. The third kappa shape index (κ3) is 1.41. The summed E-state index contributed by atoms with van der Waals surface area (Å²) in [4.78, 5) is 9.94. The summed E-state index contributed by atoms with van der Waals surface area (Å²) in [5, 5.41) is 1.14. The van der Waals surface area contributed by atoms with Gasteiger partial charge in [-0.25, -0.2) is 0 Å². The molecule has 0 spiro atoms. The SMILES string of the molecule is CCCN1CCOc2nc3[nH]ccc3cc21. The van der Waals surface area contributed by atoms with Crippen LogP contribution in [0.1, 0.15) is 13.3 Å². The van der Waals surface area contributed by atoms with Gasteiger partial charge in [0.15, 0.2) is 0 Å². The van der Waals surface area contributed by atoms with Gasteiger partial charge in [-0.1, -0.05) is 6.92 Å². The highest BCUT2D eigenvalue weighted by Gasteiger charge is 2.19. The van der Waals surface area contributed by atoms with Crippen LogP contribution in [0, 0.1) is 0 Å². The van der Waals surface area contributed by atoms with Crippen molar-refractivity contribution in [2.45, 2.75) is 13.3 Å². The number of hydrogen-bond donors (Lipinski definition) is 1. The Morgan fingerprint density at radius 3 is 3.38 bits per heavy atom. The first-order valence-corrected chi connectivity index (χ1v) is 5.74. The van der Waals surface area contributed by atoms with Crippen molar-refractivity contribution in [3.8, 4) is 5.88 Å². The largest absolute Gasteiger partial charge is 0.474 e. The predicted molar refractivity (Wildman–Crippen MR) is 64.1 cm³/mol. The lowest BCUT2D eigenvalue weighted by Gasteiger charge is -2.30. The molecular formula is C12H15N3O. The maximum atomic E-state index is 5.60. The molecule has 0 fully saturated rings. The van der Waals surface area contributed by atoms with Crippen molar-refractivity contribution in [3.05, 3.63) is 18.3 Å². The second kappa shape index (κ2) is 3.70. The van der Waals surface area contributed by atoms with Gasteiger partial charge in [0.2, 0.25) is 5.88 Å². The Morgan fingerprint density at radius 2 is 2.50 bits per heavy atom. The highest BCUT2D eigenvalue weighted by Crippen LogP contribution is 2.32. The Balaban J connectivity index is 2.10. The van der Waals surface area contributed by atoms with Crippen molar-refractivity contribution < 1.29 is 4.74 Å². The zero-order chi connectivity index (χ0) is 11.0. The number of nitrogens with one attached hydrogen (secondary N) is 1. The lowest BCUT2D eigenvalue weighted by atomic mass is 10.2. The molecule has 1 aliphatic rings. The summed E-state index contributed by atoms with van der Waals surface area (Å²) in [5.41, 5.74) is 2.03. The van der Waals surface area contributed by atoms with Crippen LogP contribution in [0.4, 0.5) is 5.69 Å². The Hall–Kier alpha value is -1.71. The molecule has 0 bridgehead atoms. The minimum atomic E-state index is 0.728. The number of aromatic nitrogens is 2. The maximum absolute atomic E-state index is 5.60. The van der Waals surface area contributed by atoms with Crippen LogP contribution in [0.2, 0.25) is 0 Å². The monoisotopic (exact) mass is 217 g/mol. The van der Waals surface area contributed by atoms with Crippen LogP contribution in [-0.4, -0.2) is 29.7 Å². The number of fused-ring (bicyclic) bond motifs is 2. The Bertz CT molecular complexity index is 506. The molecule has 1 aliphatic heterocycles. The number of rotatable bonds is 2. The van der Waals surface area contributed by atoms with Crippen LogP contribution in [-0.2, 0) is 0 Å². The second-order valence-electron chi connectivity index (χ2n) is 4.06. The summed E-state index contributed by atoms with van der Waals surface area (Å²) < 4.78 is 5.60. The molecule has 3 rings (SSSR count). The molecule has 0 atom stereocenters. The van der Waals surface area contributed by atoms with Gasteiger partial charge in [-0.15, -0.1) is 0 Å². The van der Waals surface area contributed by atoms with E-state index in [9.17, 15) is 0 Å². The quantitative estimate of drug-likeness (QED) is 0.838. The molecular weight excluding hydrogens is 202 g/mol. The number of aromatic amines is 1. The highest BCUT2D eigenvalue weighted by molar-refractivity contribution is 5.82. The van der Waals surface area contributed by atoms with Crippen LogP contribution >= 0.6 is 0 Å². The minimum absolute atomic E-state index is 0.728. The summed E-state index contributed by atoms with van der Waals surface area (Å²) in [6.07, 6.45) is 3.05. The first kappa shape index (κ1) is 9.51. The van der Waals surface area contributed by atoms with E-state index in [1.165, 1.54) is 0 Å². The van der Waals surface area contributed by atoms with Gasteiger partial charge in [-0.2, -0.15) is 4.98 Å². The zero-order valence-corrected chi connectivity index (χ0v) is 9.36. The van der Waals surface area contributed by atoms with Gasteiger partial charge in [0, 0.05) is 18.1 Å². The zero-order valence-electron chi connectivity index (χ0n) is 9.36. The van der Waals surface area contributed by atoms with E-state index < -0.39 is 0 Å². The summed E-state index contributed by atoms with van der Waals surface area (Å²) in [5.74, 6) is 0.759. The van der Waals surface area contributed by atoms with Crippen molar-refractivity contribution in [2.24, 2.45) is 0 Å². The second-order valence-corrected chi connectivity index (χ2v) is 4.06. The van der Waals surface area contributed by atoms with E-state index >= 15 is 0 Å². The summed E-state index contributed by atoms with van der Waals surface area (Å²) in [6, 6.07) is 4.20. The lowest BCUT2D eigenvalue weighted by molar-refractivity contribution is 0.296. The van der Waals surface area contributed by atoms with Gasteiger partial charge in [-0.05, 0) is 18.6 Å². The fraction of sp³-hybridized carbons (Fsp3) is 0.417. The molecule has 0 unspecified atom stereocenters. The third-order valence-electron chi connectivity index (χ3n) is 2.92. The molecule has 0 aromatic carbocycles. The average Bonchev–Trinajstić information content (AvgIpc) is 2.74. The molecule has 0 amide bonds. The van der Waals surface area contributed by atoms with Gasteiger partial charge < -0.3 is 14.6 Å². The number of pyridine rings is 1. The lowest BCUT2D eigenvalue weighted by Crippen LogP contribution is -2.33. The van der Waals surface area contributed by atoms with E-state index in [1.54, 1.807) is 0 Å². The number of hydrogen-bond acceptors (Lipinski definition) is 3. The number of anilines is 1. The number of H-pyrrole nitrogens is 1. The van der Waals surface area contributed by atoms with E-state index in [4.69, 9.17) is 4.74 Å². The molecule has 0 saturated carbocycles. The molecule has 2 aromatic rings. The minimum Gasteiger partial charge on any atom is -0.474 e. The van der Waals surface area contributed by atoms with Crippen LogP contribution < -0.4 is 9.64 Å². The van der Waals surface area contributed by atoms with Crippen molar-refractivity contribution in [3.63, 3.8) is 0 Å². The van der Waals surface area contributed by atoms with E-state index in [1.807, 2.05) is 12.3 Å². The molecule has 4 nitrogen and oxygen atoms in total. The molecule has 16 heavy (non-hydrogen) atoms. The average molecular weight is 217 g/mol. The normalized spacial score (nSPS) is 14.9. The fourth-order valence-electron chi connectivity index (χ4n) is 2.16. The molecule has 1 N–H and O–H groups in total. The summed E-state index contributed by atoms with van der Waals surface area (Å²) in [7, 11) is 0. The van der Waals surface area contributed by atoms with Crippen molar-refractivity contribution in [1.82, 2.24) is 9.97 Å². The predicted octanol–water partition coefficient (Wildman–Crippen LogP) is 2.17. The Morgan fingerprint density at radius 1 is 1.56 bits per heavy atom. The Kier molecular flexibility index (Phi) is 2.20.